The maximum absolute atomic E-state index is 3.10. The molecular formula is C10H13Y+2. The van der Waals surface area contributed by atoms with E-state index in [1.165, 1.54) is 16.7 Å². The second kappa shape index (κ2) is 5.06. The molecule has 0 saturated carbocycles. The summed E-state index contributed by atoms with van der Waals surface area (Å²) >= 11 is 0. The standard InChI is InChI=1S/C10H13.Y/c1-4-10-8(2)6-5-7-9(10)3;/h6-7H,4H2,1-3H3;/q-1;+3. The molecule has 0 aliphatic heterocycles. The first-order valence-corrected chi connectivity index (χ1v) is 3.72. The number of hydrogen-bond donors (Lipinski definition) is 0. The molecule has 0 unspecified atom stereocenters. The van der Waals surface area contributed by atoms with Crippen molar-refractivity contribution in [2.75, 3.05) is 0 Å². The van der Waals surface area contributed by atoms with E-state index in [1.807, 2.05) is 12.1 Å². The van der Waals surface area contributed by atoms with Gasteiger partial charge in [-0.15, -0.1) is 0 Å². The van der Waals surface area contributed by atoms with Gasteiger partial charge in [0.1, 0.15) is 0 Å². The summed E-state index contributed by atoms with van der Waals surface area (Å²) < 4.78 is 0. The van der Waals surface area contributed by atoms with Crippen LogP contribution in [-0.4, -0.2) is 0 Å². The number of rotatable bonds is 1. The SMILES string of the molecule is CCc1c(C)c[c-]cc1C.[Y+3]. The molecule has 0 radical (unpaired) electrons. The van der Waals surface area contributed by atoms with Crippen molar-refractivity contribution in [2.24, 2.45) is 0 Å². The zero-order chi connectivity index (χ0) is 7.56. The topological polar surface area (TPSA) is 0 Å². The molecule has 1 aromatic carbocycles. The van der Waals surface area contributed by atoms with Crippen molar-refractivity contribution in [3.8, 4) is 0 Å². The van der Waals surface area contributed by atoms with Gasteiger partial charge in [-0.2, -0.15) is 34.9 Å². The third kappa shape index (κ3) is 2.68. The molecular weight excluding hydrogens is 209 g/mol. The zero-order valence-electron chi connectivity index (χ0n) is 7.44. The average Bonchev–Trinajstić information content (AvgIpc) is 1.88. The first-order valence-electron chi connectivity index (χ1n) is 3.72. The molecule has 54 valence electrons. The van der Waals surface area contributed by atoms with Crippen molar-refractivity contribution in [3.63, 3.8) is 0 Å². The molecule has 0 aromatic heterocycles. The van der Waals surface area contributed by atoms with E-state index in [0.717, 1.165) is 6.42 Å². The Morgan fingerprint density at radius 1 is 1.18 bits per heavy atom. The molecule has 0 spiro atoms. The normalized spacial score (nSPS) is 9.00. The van der Waals surface area contributed by atoms with Crippen molar-refractivity contribution in [2.45, 2.75) is 27.2 Å². The van der Waals surface area contributed by atoms with Crippen LogP contribution in [-0.2, 0) is 39.1 Å². The summed E-state index contributed by atoms with van der Waals surface area (Å²) in [7, 11) is 0. The maximum Gasteiger partial charge on any atom is 3.00 e. The molecule has 0 aliphatic rings. The van der Waals surface area contributed by atoms with Gasteiger partial charge >= 0.3 is 32.7 Å². The van der Waals surface area contributed by atoms with Gasteiger partial charge in [0.25, 0.3) is 0 Å². The summed E-state index contributed by atoms with van der Waals surface area (Å²) in [5.74, 6) is 0. The summed E-state index contributed by atoms with van der Waals surface area (Å²) in [6.45, 7) is 6.47. The van der Waals surface area contributed by atoms with Gasteiger partial charge < -0.3 is 0 Å². The van der Waals surface area contributed by atoms with Gasteiger partial charge in [-0.3, -0.25) is 0 Å². The van der Waals surface area contributed by atoms with E-state index in [1.54, 1.807) is 0 Å². The first kappa shape index (κ1) is 11.3. The van der Waals surface area contributed by atoms with E-state index in [-0.39, 0.29) is 32.7 Å². The molecule has 1 rings (SSSR count). The van der Waals surface area contributed by atoms with Crippen LogP contribution in [0, 0.1) is 19.9 Å². The summed E-state index contributed by atoms with van der Waals surface area (Å²) in [6, 6.07) is 7.20. The Labute approximate surface area is 94.3 Å². The van der Waals surface area contributed by atoms with Crippen LogP contribution in [0.25, 0.3) is 0 Å². The first-order chi connectivity index (χ1) is 4.75. The van der Waals surface area contributed by atoms with Crippen LogP contribution in [0.1, 0.15) is 23.6 Å². The predicted octanol–water partition coefficient (Wildman–Crippen LogP) is 2.66. The van der Waals surface area contributed by atoms with E-state index in [2.05, 4.69) is 26.8 Å². The molecule has 0 aliphatic carbocycles. The maximum atomic E-state index is 3.10. The van der Waals surface area contributed by atoms with Crippen LogP contribution < -0.4 is 0 Å². The minimum absolute atomic E-state index is 0. The van der Waals surface area contributed by atoms with Crippen LogP contribution in [0.2, 0.25) is 0 Å². The Hall–Kier alpha value is 0.324. The Bertz CT molecular complexity index is 208. The van der Waals surface area contributed by atoms with E-state index in [4.69, 9.17) is 0 Å². The fourth-order valence-electron chi connectivity index (χ4n) is 1.33. The van der Waals surface area contributed by atoms with Gasteiger partial charge in [0.05, 0.1) is 0 Å². The molecule has 0 bridgehead atoms. The predicted molar refractivity (Wildman–Crippen MR) is 44.1 cm³/mol. The molecule has 0 saturated heterocycles. The molecule has 0 N–H and O–H groups in total. The molecule has 0 nitrogen and oxygen atoms in total. The Morgan fingerprint density at radius 3 is 1.91 bits per heavy atom. The minimum Gasteiger partial charge on any atom is -0.183 e. The van der Waals surface area contributed by atoms with Gasteiger partial charge in [0.2, 0.25) is 0 Å². The molecule has 0 fully saturated rings. The smallest absolute Gasteiger partial charge is 0.183 e. The molecule has 11 heavy (non-hydrogen) atoms. The van der Waals surface area contributed by atoms with Crippen molar-refractivity contribution in [3.05, 3.63) is 34.9 Å². The Morgan fingerprint density at radius 2 is 1.64 bits per heavy atom. The van der Waals surface area contributed by atoms with Crippen LogP contribution in [0.3, 0.4) is 0 Å². The van der Waals surface area contributed by atoms with E-state index in [0.29, 0.717) is 0 Å². The van der Waals surface area contributed by atoms with E-state index in [9.17, 15) is 0 Å². The van der Waals surface area contributed by atoms with Gasteiger partial charge in [-0.25, -0.2) is 0 Å². The van der Waals surface area contributed by atoms with Gasteiger partial charge in [-0.05, 0) is 0 Å². The van der Waals surface area contributed by atoms with Gasteiger partial charge in [0, 0.05) is 0 Å². The van der Waals surface area contributed by atoms with Gasteiger partial charge in [0.15, 0.2) is 0 Å². The summed E-state index contributed by atoms with van der Waals surface area (Å²) in [4.78, 5) is 0. The summed E-state index contributed by atoms with van der Waals surface area (Å²) in [5, 5.41) is 0. The number of benzene rings is 1. The monoisotopic (exact) mass is 222 g/mol. The van der Waals surface area contributed by atoms with E-state index >= 15 is 0 Å². The third-order valence-electron chi connectivity index (χ3n) is 1.91. The molecule has 0 atom stereocenters. The number of aryl methyl sites for hydroxylation is 2. The van der Waals surface area contributed by atoms with Crippen molar-refractivity contribution >= 4 is 0 Å². The van der Waals surface area contributed by atoms with Crippen LogP contribution in [0.15, 0.2) is 12.1 Å². The summed E-state index contributed by atoms with van der Waals surface area (Å²) in [5.41, 5.74) is 4.20. The molecule has 1 heteroatoms. The largest absolute Gasteiger partial charge is 3.00 e. The Kier molecular flexibility index (Phi) is 5.20. The molecule has 1 aromatic rings. The van der Waals surface area contributed by atoms with E-state index < -0.39 is 0 Å². The fourth-order valence-corrected chi connectivity index (χ4v) is 1.33. The second-order valence-corrected chi connectivity index (χ2v) is 2.65. The van der Waals surface area contributed by atoms with Crippen LogP contribution in [0.4, 0.5) is 0 Å². The zero-order valence-corrected chi connectivity index (χ0v) is 10.3. The van der Waals surface area contributed by atoms with Crippen molar-refractivity contribution < 1.29 is 32.7 Å². The van der Waals surface area contributed by atoms with Gasteiger partial charge in [-0.1, -0.05) is 27.2 Å². The number of hydrogen-bond acceptors (Lipinski definition) is 0. The fraction of sp³-hybridized carbons (Fsp3) is 0.400. The quantitative estimate of drug-likeness (QED) is 0.641. The van der Waals surface area contributed by atoms with Crippen LogP contribution in [0.5, 0.6) is 0 Å². The Balaban J connectivity index is 0.000001000. The summed E-state index contributed by atoms with van der Waals surface area (Å²) in [6.07, 6.45) is 1.13. The molecule has 0 heterocycles. The molecule has 0 amide bonds. The average molecular weight is 222 g/mol. The second-order valence-electron chi connectivity index (χ2n) is 2.65. The minimum atomic E-state index is 0. The van der Waals surface area contributed by atoms with Crippen LogP contribution >= 0.6 is 0 Å². The third-order valence-corrected chi connectivity index (χ3v) is 1.91. The van der Waals surface area contributed by atoms with Crippen molar-refractivity contribution in [1.82, 2.24) is 0 Å². The van der Waals surface area contributed by atoms with Crippen molar-refractivity contribution in [1.29, 1.82) is 0 Å².